The van der Waals surface area contributed by atoms with E-state index in [1.54, 1.807) is 7.11 Å². The number of methoxy groups -OCH3 is 1. The second kappa shape index (κ2) is 7.04. The number of pyridine rings is 1. The molecule has 1 aliphatic rings. The number of nitrogens with one attached hydrogen (secondary N) is 1. The highest BCUT2D eigenvalue weighted by molar-refractivity contribution is 5.15. The lowest BCUT2D eigenvalue weighted by molar-refractivity contribution is 0.0983. The van der Waals surface area contributed by atoms with Crippen LogP contribution in [0.25, 0.3) is 0 Å². The predicted molar refractivity (Wildman–Crippen MR) is 82.0 cm³/mol. The van der Waals surface area contributed by atoms with Crippen molar-refractivity contribution in [1.29, 1.82) is 0 Å². The molecule has 0 bridgehead atoms. The van der Waals surface area contributed by atoms with Gasteiger partial charge in [0.2, 0.25) is 5.88 Å². The Morgan fingerprint density at radius 3 is 2.65 bits per heavy atom. The minimum atomic E-state index is 0.317. The summed E-state index contributed by atoms with van der Waals surface area (Å²) < 4.78 is 5.16. The first-order valence-electron chi connectivity index (χ1n) is 7.54. The molecule has 1 N–H and O–H groups in total. The lowest BCUT2D eigenvalue weighted by Crippen LogP contribution is -2.52. The number of likely N-dealkylation sites (N-methyl/N-ethyl adjacent to an activating group) is 1. The maximum Gasteiger partial charge on any atom is 0.213 e. The normalized spacial score (nSPS) is 18.2. The Labute approximate surface area is 122 Å². The van der Waals surface area contributed by atoms with Gasteiger partial charge in [0.05, 0.1) is 12.8 Å². The Hall–Kier alpha value is -1.13. The molecular formula is C16H27N3O. The zero-order valence-electron chi connectivity index (χ0n) is 13.0. The number of hydrogen-bond acceptors (Lipinski definition) is 4. The molecule has 0 saturated heterocycles. The van der Waals surface area contributed by atoms with Crippen molar-refractivity contribution in [3.8, 4) is 5.88 Å². The smallest absolute Gasteiger partial charge is 0.213 e. The minimum absolute atomic E-state index is 0.317. The summed E-state index contributed by atoms with van der Waals surface area (Å²) in [6.07, 6.45) is 6.65. The van der Waals surface area contributed by atoms with Crippen molar-refractivity contribution in [1.82, 2.24) is 15.2 Å². The second-order valence-electron chi connectivity index (χ2n) is 5.95. The first-order chi connectivity index (χ1) is 9.66. The highest BCUT2D eigenvalue weighted by atomic mass is 16.5. The average molecular weight is 277 g/mol. The van der Waals surface area contributed by atoms with Gasteiger partial charge < -0.3 is 15.0 Å². The van der Waals surface area contributed by atoms with Crippen LogP contribution in [0.3, 0.4) is 0 Å². The fourth-order valence-electron chi connectivity index (χ4n) is 3.08. The van der Waals surface area contributed by atoms with Crippen LogP contribution in [0.2, 0.25) is 0 Å². The summed E-state index contributed by atoms with van der Waals surface area (Å²) in [5.74, 6) is 0.685. The molecule has 1 aromatic heterocycles. The molecule has 1 saturated carbocycles. The van der Waals surface area contributed by atoms with E-state index >= 15 is 0 Å². The minimum Gasteiger partial charge on any atom is -0.481 e. The molecule has 0 amide bonds. The molecule has 0 unspecified atom stereocenters. The third-order valence-corrected chi connectivity index (χ3v) is 4.48. The Morgan fingerprint density at radius 1 is 1.25 bits per heavy atom. The van der Waals surface area contributed by atoms with Crippen LogP contribution in [-0.4, -0.2) is 43.2 Å². The number of rotatable bonds is 6. The molecule has 0 aliphatic heterocycles. The van der Waals surface area contributed by atoms with Crippen molar-refractivity contribution in [3.63, 3.8) is 0 Å². The molecular weight excluding hydrogens is 250 g/mol. The zero-order valence-corrected chi connectivity index (χ0v) is 13.0. The van der Waals surface area contributed by atoms with Crippen LogP contribution < -0.4 is 10.1 Å². The monoisotopic (exact) mass is 277 g/mol. The molecule has 1 fully saturated rings. The third-order valence-electron chi connectivity index (χ3n) is 4.48. The van der Waals surface area contributed by atoms with Crippen molar-refractivity contribution < 1.29 is 4.74 Å². The van der Waals surface area contributed by atoms with Crippen molar-refractivity contribution in [2.45, 2.75) is 44.2 Å². The molecule has 4 heteroatoms. The highest BCUT2D eigenvalue weighted by Crippen LogP contribution is 2.31. The van der Waals surface area contributed by atoms with Gasteiger partial charge in [-0.2, -0.15) is 0 Å². The second-order valence-corrected chi connectivity index (χ2v) is 5.95. The maximum absolute atomic E-state index is 5.16. The maximum atomic E-state index is 5.16. The Kier molecular flexibility index (Phi) is 5.38. The molecule has 1 aromatic rings. The molecule has 1 aliphatic carbocycles. The van der Waals surface area contributed by atoms with Crippen LogP contribution in [0.4, 0.5) is 0 Å². The SMILES string of the molecule is COc1cccc(CNCC2(N(C)C)CCCCC2)n1. The van der Waals surface area contributed by atoms with E-state index in [4.69, 9.17) is 4.74 Å². The molecule has 0 spiro atoms. The van der Waals surface area contributed by atoms with Gasteiger partial charge >= 0.3 is 0 Å². The van der Waals surface area contributed by atoms with Crippen molar-refractivity contribution in [2.24, 2.45) is 0 Å². The van der Waals surface area contributed by atoms with E-state index in [0.29, 0.717) is 11.4 Å². The molecule has 0 atom stereocenters. The van der Waals surface area contributed by atoms with E-state index < -0.39 is 0 Å². The molecule has 0 aromatic carbocycles. The van der Waals surface area contributed by atoms with Gasteiger partial charge in [-0.1, -0.05) is 25.3 Å². The van der Waals surface area contributed by atoms with Gasteiger partial charge in [0, 0.05) is 24.7 Å². The summed E-state index contributed by atoms with van der Waals surface area (Å²) in [5, 5.41) is 3.59. The standard InChI is InChI=1S/C16H27N3O/c1-19(2)16(10-5-4-6-11-16)13-17-12-14-8-7-9-15(18-14)20-3/h7-9,17H,4-6,10-13H2,1-3H3. The van der Waals surface area contributed by atoms with E-state index in [2.05, 4.69) is 29.3 Å². The fraction of sp³-hybridized carbons (Fsp3) is 0.688. The number of hydrogen-bond donors (Lipinski definition) is 1. The molecule has 112 valence electrons. The van der Waals surface area contributed by atoms with E-state index in [-0.39, 0.29) is 0 Å². The number of ether oxygens (including phenoxy) is 1. The van der Waals surface area contributed by atoms with Crippen molar-refractivity contribution in [3.05, 3.63) is 23.9 Å². The predicted octanol–water partition coefficient (Wildman–Crippen LogP) is 2.44. The van der Waals surface area contributed by atoms with Crippen molar-refractivity contribution >= 4 is 0 Å². The van der Waals surface area contributed by atoms with Crippen LogP contribution in [0.15, 0.2) is 18.2 Å². The number of aromatic nitrogens is 1. The van der Waals surface area contributed by atoms with Crippen LogP contribution >= 0.6 is 0 Å². The van der Waals surface area contributed by atoms with Gasteiger partial charge in [-0.05, 0) is 33.0 Å². The van der Waals surface area contributed by atoms with Gasteiger partial charge in [-0.3, -0.25) is 0 Å². The van der Waals surface area contributed by atoms with Gasteiger partial charge in [0.1, 0.15) is 0 Å². The van der Waals surface area contributed by atoms with Crippen molar-refractivity contribution in [2.75, 3.05) is 27.7 Å². The quantitative estimate of drug-likeness (QED) is 0.866. The summed E-state index contributed by atoms with van der Waals surface area (Å²) in [6, 6.07) is 5.91. The largest absolute Gasteiger partial charge is 0.481 e. The Bertz CT molecular complexity index is 414. The van der Waals surface area contributed by atoms with E-state index in [0.717, 1.165) is 18.8 Å². The Morgan fingerprint density at radius 2 is 2.00 bits per heavy atom. The first-order valence-corrected chi connectivity index (χ1v) is 7.54. The summed E-state index contributed by atoms with van der Waals surface area (Å²) in [5.41, 5.74) is 1.35. The molecule has 2 rings (SSSR count). The zero-order chi connectivity index (χ0) is 14.4. The van der Waals surface area contributed by atoms with Crippen LogP contribution in [-0.2, 0) is 6.54 Å². The lowest BCUT2D eigenvalue weighted by Gasteiger charge is -2.43. The molecule has 20 heavy (non-hydrogen) atoms. The summed E-state index contributed by atoms with van der Waals surface area (Å²) in [4.78, 5) is 6.84. The number of nitrogens with zero attached hydrogens (tertiary/aromatic N) is 2. The third kappa shape index (κ3) is 3.70. The van der Waals surface area contributed by atoms with Gasteiger partial charge in [0.15, 0.2) is 0 Å². The lowest BCUT2D eigenvalue weighted by atomic mass is 9.80. The van der Waals surface area contributed by atoms with E-state index in [1.165, 1.54) is 32.1 Å². The summed E-state index contributed by atoms with van der Waals surface area (Å²) in [7, 11) is 6.07. The average Bonchev–Trinajstić information content (AvgIpc) is 2.48. The van der Waals surface area contributed by atoms with E-state index in [1.807, 2.05) is 18.2 Å². The fourth-order valence-corrected chi connectivity index (χ4v) is 3.08. The summed E-state index contributed by atoms with van der Waals surface area (Å²) in [6.45, 7) is 1.83. The van der Waals surface area contributed by atoms with Gasteiger partial charge in [-0.25, -0.2) is 4.98 Å². The molecule has 0 radical (unpaired) electrons. The van der Waals surface area contributed by atoms with E-state index in [9.17, 15) is 0 Å². The van der Waals surface area contributed by atoms with Crippen LogP contribution in [0.5, 0.6) is 5.88 Å². The topological polar surface area (TPSA) is 37.4 Å². The first kappa shape index (κ1) is 15.3. The summed E-state index contributed by atoms with van der Waals surface area (Å²) >= 11 is 0. The van der Waals surface area contributed by atoms with Gasteiger partial charge in [-0.15, -0.1) is 0 Å². The molecule has 1 heterocycles. The van der Waals surface area contributed by atoms with Crippen LogP contribution in [0.1, 0.15) is 37.8 Å². The Balaban J connectivity index is 1.89. The van der Waals surface area contributed by atoms with Crippen LogP contribution in [0, 0.1) is 0 Å². The van der Waals surface area contributed by atoms with Gasteiger partial charge in [0.25, 0.3) is 0 Å². The molecule has 4 nitrogen and oxygen atoms in total. The highest BCUT2D eigenvalue weighted by Gasteiger charge is 2.33.